The van der Waals surface area contributed by atoms with Crippen LogP contribution in [0.5, 0.6) is 5.75 Å². The molecule has 2 aromatic rings. The van der Waals surface area contributed by atoms with Crippen molar-refractivity contribution in [2.45, 2.75) is 57.1 Å². The molecule has 2 aliphatic rings. The monoisotopic (exact) mass is 412 g/mol. The van der Waals surface area contributed by atoms with Gasteiger partial charge in [-0.25, -0.2) is 0 Å². The van der Waals surface area contributed by atoms with Crippen LogP contribution >= 0.6 is 11.3 Å². The molecule has 0 saturated carbocycles. The highest BCUT2D eigenvalue weighted by atomic mass is 32.1. The topological polar surface area (TPSA) is 58.6 Å². The number of carbonyl (C=O) groups is 2. The Hall–Kier alpha value is -2.34. The highest BCUT2D eigenvalue weighted by molar-refractivity contribution is 7.12. The van der Waals surface area contributed by atoms with Gasteiger partial charge >= 0.3 is 0 Å². The number of ether oxygens (including phenoxy) is 1. The van der Waals surface area contributed by atoms with Crippen molar-refractivity contribution in [3.63, 3.8) is 0 Å². The summed E-state index contributed by atoms with van der Waals surface area (Å²) in [7, 11) is 0. The Kier molecular flexibility index (Phi) is 5.63. The van der Waals surface area contributed by atoms with Gasteiger partial charge in [-0.3, -0.25) is 9.59 Å². The minimum Gasteiger partial charge on any atom is -0.487 e. The molecular weight excluding hydrogens is 384 g/mol. The number of piperidine rings is 1. The second-order valence-electron chi connectivity index (χ2n) is 8.42. The van der Waals surface area contributed by atoms with Gasteiger partial charge in [0.25, 0.3) is 5.91 Å². The van der Waals surface area contributed by atoms with Gasteiger partial charge in [-0.05, 0) is 43.3 Å². The van der Waals surface area contributed by atoms with Crippen molar-refractivity contribution in [3.8, 4) is 5.75 Å². The van der Waals surface area contributed by atoms with Crippen molar-refractivity contribution >= 4 is 23.2 Å². The van der Waals surface area contributed by atoms with Crippen molar-refractivity contribution < 1.29 is 14.3 Å². The van der Waals surface area contributed by atoms with Crippen LogP contribution in [0.25, 0.3) is 0 Å². The van der Waals surface area contributed by atoms with E-state index < -0.39 is 0 Å². The molecule has 5 nitrogen and oxygen atoms in total. The summed E-state index contributed by atoms with van der Waals surface area (Å²) in [6.07, 6.45) is 2.87. The first-order valence-corrected chi connectivity index (χ1v) is 11.2. The molecule has 0 aliphatic carbocycles. The summed E-state index contributed by atoms with van der Waals surface area (Å²) in [5.74, 6) is 1.22. The fraction of sp³-hybridized carbons (Fsp3) is 0.478. The molecule has 3 heterocycles. The van der Waals surface area contributed by atoms with Crippen molar-refractivity contribution in [1.29, 1.82) is 0 Å². The van der Waals surface area contributed by atoms with Gasteiger partial charge in [-0.15, -0.1) is 11.3 Å². The van der Waals surface area contributed by atoms with E-state index in [2.05, 4.69) is 11.4 Å². The lowest BCUT2D eigenvalue weighted by molar-refractivity contribution is -0.122. The Morgan fingerprint density at radius 1 is 1.21 bits per heavy atom. The number of para-hydroxylation sites is 1. The standard InChI is InChI=1S/C23H28N2O3S/c1-16(2)24-21(26)14-17-15-23(28-19-7-4-3-6-18(17)19)9-11-25(12-10-23)22(27)20-8-5-13-29-20/h3-8,13,16-17H,9-12,14-15H2,1-2H3,(H,24,26)/t17-/m1/s1. The predicted molar refractivity (Wildman–Crippen MR) is 115 cm³/mol. The number of benzene rings is 1. The van der Waals surface area contributed by atoms with E-state index in [0.717, 1.165) is 35.5 Å². The van der Waals surface area contributed by atoms with Crippen LogP contribution in [0.15, 0.2) is 41.8 Å². The molecule has 1 N–H and O–H groups in total. The Labute approximate surface area is 176 Å². The smallest absolute Gasteiger partial charge is 0.263 e. The van der Waals surface area contributed by atoms with Gasteiger partial charge in [0.05, 0.1) is 4.88 Å². The molecule has 1 spiro atoms. The van der Waals surface area contributed by atoms with E-state index in [9.17, 15) is 9.59 Å². The number of hydrogen-bond donors (Lipinski definition) is 1. The number of nitrogens with one attached hydrogen (secondary N) is 1. The maximum Gasteiger partial charge on any atom is 0.263 e. The summed E-state index contributed by atoms with van der Waals surface area (Å²) in [5.41, 5.74) is 0.817. The van der Waals surface area contributed by atoms with E-state index in [1.165, 1.54) is 11.3 Å². The van der Waals surface area contributed by atoms with Gasteiger partial charge in [-0.2, -0.15) is 0 Å². The highest BCUT2D eigenvalue weighted by Gasteiger charge is 2.44. The molecule has 0 unspecified atom stereocenters. The highest BCUT2D eigenvalue weighted by Crippen LogP contribution is 2.46. The largest absolute Gasteiger partial charge is 0.487 e. The number of hydrogen-bond acceptors (Lipinski definition) is 4. The molecule has 1 aromatic carbocycles. The third-order valence-corrected chi connectivity index (χ3v) is 6.74. The molecule has 4 rings (SSSR count). The molecule has 0 radical (unpaired) electrons. The maximum atomic E-state index is 12.7. The number of likely N-dealkylation sites (tertiary alicyclic amines) is 1. The minimum absolute atomic E-state index is 0.0853. The van der Waals surface area contributed by atoms with Gasteiger partial charge in [-0.1, -0.05) is 24.3 Å². The summed E-state index contributed by atoms with van der Waals surface area (Å²) in [6, 6.07) is 12.0. The van der Waals surface area contributed by atoms with Crippen LogP contribution in [0.3, 0.4) is 0 Å². The number of rotatable bonds is 4. The fourth-order valence-electron chi connectivity index (χ4n) is 4.51. The third kappa shape index (κ3) is 4.32. The van der Waals surface area contributed by atoms with E-state index in [1.807, 2.05) is 54.5 Å². The lowest BCUT2D eigenvalue weighted by atomic mass is 9.76. The van der Waals surface area contributed by atoms with E-state index in [0.29, 0.717) is 19.5 Å². The lowest BCUT2D eigenvalue weighted by Crippen LogP contribution is -2.52. The van der Waals surface area contributed by atoms with Crippen molar-refractivity contribution in [2.75, 3.05) is 13.1 Å². The van der Waals surface area contributed by atoms with Crippen LogP contribution in [0, 0.1) is 0 Å². The number of fused-ring (bicyclic) bond motifs is 1. The first-order valence-electron chi connectivity index (χ1n) is 10.4. The number of nitrogens with zero attached hydrogens (tertiary/aromatic N) is 1. The minimum atomic E-state index is -0.302. The summed E-state index contributed by atoms with van der Waals surface area (Å²) in [5, 5.41) is 4.96. The van der Waals surface area contributed by atoms with Crippen molar-refractivity contribution in [2.24, 2.45) is 0 Å². The van der Waals surface area contributed by atoms with E-state index in [4.69, 9.17) is 4.74 Å². The van der Waals surface area contributed by atoms with Crippen LogP contribution in [0.2, 0.25) is 0 Å². The zero-order chi connectivity index (χ0) is 20.4. The van der Waals surface area contributed by atoms with Gasteiger partial charge in [0.2, 0.25) is 5.91 Å². The molecular formula is C23H28N2O3S. The Balaban J connectivity index is 1.49. The molecule has 0 bridgehead atoms. The van der Waals surface area contributed by atoms with Gasteiger partial charge in [0.1, 0.15) is 11.4 Å². The Morgan fingerprint density at radius 3 is 2.66 bits per heavy atom. The van der Waals surface area contributed by atoms with E-state index in [-0.39, 0.29) is 29.4 Å². The number of amides is 2. The summed E-state index contributed by atoms with van der Waals surface area (Å²) >= 11 is 1.49. The average Bonchev–Trinajstić information content (AvgIpc) is 3.22. The predicted octanol–water partition coefficient (Wildman–Crippen LogP) is 4.20. The third-order valence-electron chi connectivity index (χ3n) is 5.88. The van der Waals surface area contributed by atoms with E-state index >= 15 is 0 Å². The first-order chi connectivity index (χ1) is 14.0. The molecule has 154 valence electrons. The Bertz CT molecular complexity index is 870. The zero-order valence-electron chi connectivity index (χ0n) is 17.0. The van der Waals surface area contributed by atoms with Crippen LogP contribution < -0.4 is 10.1 Å². The quantitative estimate of drug-likeness (QED) is 0.819. The fourth-order valence-corrected chi connectivity index (χ4v) is 5.20. The van der Waals surface area contributed by atoms with Crippen LogP contribution in [-0.2, 0) is 4.79 Å². The molecule has 29 heavy (non-hydrogen) atoms. The molecule has 1 atom stereocenters. The van der Waals surface area contributed by atoms with Crippen molar-refractivity contribution in [3.05, 3.63) is 52.2 Å². The lowest BCUT2D eigenvalue weighted by Gasteiger charge is -2.46. The van der Waals surface area contributed by atoms with Gasteiger partial charge in [0.15, 0.2) is 0 Å². The van der Waals surface area contributed by atoms with Gasteiger partial charge in [0, 0.05) is 44.3 Å². The summed E-state index contributed by atoms with van der Waals surface area (Å²) in [4.78, 5) is 27.9. The Morgan fingerprint density at radius 2 is 1.97 bits per heavy atom. The first kappa shape index (κ1) is 20.0. The number of carbonyl (C=O) groups excluding carboxylic acids is 2. The van der Waals surface area contributed by atoms with Crippen molar-refractivity contribution in [1.82, 2.24) is 10.2 Å². The summed E-state index contributed by atoms with van der Waals surface area (Å²) < 4.78 is 6.51. The average molecular weight is 413 g/mol. The van der Waals surface area contributed by atoms with Crippen LogP contribution in [-0.4, -0.2) is 41.4 Å². The molecule has 2 amide bonds. The molecule has 1 fully saturated rings. The molecule has 6 heteroatoms. The van der Waals surface area contributed by atoms with Crippen LogP contribution in [0.4, 0.5) is 0 Å². The molecule has 1 saturated heterocycles. The summed E-state index contributed by atoms with van der Waals surface area (Å²) in [6.45, 7) is 5.34. The second kappa shape index (κ2) is 8.19. The van der Waals surface area contributed by atoms with E-state index in [1.54, 1.807) is 0 Å². The zero-order valence-corrected chi connectivity index (χ0v) is 17.8. The van der Waals surface area contributed by atoms with Crippen LogP contribution in [0.1, 0.15) is 60.7 Å². The normalized spacial score (nSPS) is 20.2. The molecule has 2 aliphatic heterocycles. The molecule has 1 aromatic heterocycles. The SMILES string of the molecule is CC(C)NC(=O)C[C@@H]1CC2(CCN(C(=O)c3cccs3)CC2)Oc2ccccc21. The second-order valence-corrected chi connectivity index (χ2v) is 9.37. The van der Waals surface area contributed by atoms with Gasteiger partial charge < -0.3 is 15.0 Å². The number of thiophene rings is 1. The maximum absolute atomic E-state index is 12.7.